The van der Waals surface area contributed by atoms with Crippen molar-refractivity contribution >= 4 is 32.3 Å². The Balaban J connectivity index is 1.52. The second kappa shape index (κ2) is 8.72. The van der Waals surface area contributed by atoms with Crippen molar-refractivity contribution in [3.8, 4) is 33.5 Å². The number of aromatic nitrogens is 1. The molecule has 0 saturated heterocycles. The van der Waals surface area contributed by atoms with E-state index in [1.807, 2.05) is 13.0 Å². The van der Waals surface area contributed by atoms with E-state index in [0.717, 1.165) is 17.0 Å². The van der Waals surface area contributed by atoms with Gasteiger partial charge in [0.05, 0.1) is 5.69 Å². The maximum atomic E-state index is 4.75. The minimum absolute atomic E-state index is 1.01. The highest BCUT2D eigenvalue weighted by Crippen LogP contribution is 2.44. The third-order valence-electron chi connectivity index (χ3n) is 7.31. The number of rotatable bonds is 3. The molecule has 0 unspecified atom stereocenters. The fourth-order valence-corrected chi connectivity index (χ4v) is 5.62. The van der Waals surface area contributed by atoms with Crippen molar-refractivity contribution in [2.24, 2.45) is 0 Å². The van der Waals surface area contributed by atoms with E-state index in [1.165, 1.54) is 54.6 Å². The highest BCUT2D eigenvalue weighted by atomic mass is 14.7. The summed E-state index contributed by atoms with van der Waals surface area (Å²) in [7, 11) is 0. The van der Waals surface area contributed by atoms with Gasteiger partial charge in [0.15, 0.2) is 0 Å². The number of fused-ring (bicyclic) bond motifs is 3. The number of aryl methyl sites for hydroxylation is 1. The van der Waals surface area contributed by atoms with Crippen molar-refractivity contribution in [2.45, 2.75) is 6.92 Å². The van der Waals surface area contributed by atoms with Crippen LogP contribution < -0.4 is 0 Å². The average molecular weight is 472 g/mol. The van der Waals surface area contributed by atoms with Crippen LogP contribution in [-0.2, 0) is 0 Å². The van der Waals surface area contributed by atoms with Crippen LogP contribution in [-0.4, -0.2) is 4.98 Å². The lowest BCUT2D eigenvalue weighted by Gasteiger charge is -2.18. The molecule has 0 aliphatic rings. The smallest absolute Gasteiger partial charge is 0.0705 e. The van der Waals surface area contributed by atoms with Gasteiger partial charge in [-0.15, -0.1) is 0 Å². The first kappa shape index (κ1) is 21.5. The molecular weight excluding hydrogens is 446 g/mol. The van der Waals surface area contributed by atoms with Crippen LogP contribution in [0.25, 0.3) is 65.8 Å². The molecule has 7 aromatic rings. The summed E-state index contributed by atoms with van der Waals surface area (Å²) in [5, 5.41) is 7.56. The summed E-state index contributed by atoms with van der Waals surface area (Å²) in [5.41, 5.74) is 8.24. The van der Waals surface area contributed by atoms with Crippen LogP contribution in [0.1, 0.15) is 5.69 Å². The Kier molecular flexibility index (Phi) is 5.08. The van der Waals surface area contributed by atoms with Crippen LogP contribution in [0.5, 0.6) is 0 Å². The number of pyridine rings is 1. The standard InChI is InChI=1S/C36H25N/c1-24-10-9-17-34(37-24)27-20-18-25-19-21-28(23-29(25)22-27)36-32-15-7-5-13-30(32)35(26-11-3-2-4-12-26)31-14-6-8-16-33(31)36/h2-23H,1H3. The molecule has 0 spiro atoms. The first-order valence-corrected chi connectivity index (χ1v) is 12.7. The van der Waals surface area contributed by atoms with Gasteiger partial charge in [-0.2, -0.15) is 0 Å². The van der Waals surface area contributed by atoms with Crippen LogP contribution >= 0.6 is 0 Å². The van der Waals surface area contributed by atoms with E-state index in [-0.39, 0.29) is 0 Å². The van der Waals surface area contributed by atoms with Crippen LogP contribution in [0, 0.1) is 6.92 Å². The van der Waals surface area contributed by atoms with Crippen molar-refractivity contribution in [1.82, 2.24) is 4.98 Å². The summed E-state index contributed by atoms with van der Waals surface area (Å²) >= 11 is 0. The Morgan fingerprint density at radius 2 is 0.946 bits per heavy atom. The number of hydrogen-bond donors (Lipinski definition) is 0. The first-order valence-electron chi connectivity index (χ1n) is 12.7. The molecule has 0 saturated carbocycles. The van der Waals surface area contributed by atoms with Crippen molar-refractivity contribution < 1.29 is 0 Å². The Hall–Kier alpha value is -4.75. The van der Waals surface area contributed by atoms with Crippen LogP contribution in [0.4, 0.5) is 0 Å². The van der Waals surface area contributed by atoms with Crippen molar-refractivity contribution in [2.75, 3.05) is 0 Å². The normalized spacial score (nSPS) is 11.4. The Labute approximate surface area is 216 Å². The molecule has 7 rings (SSSR count). The van der Waals surface area contributed by atoms with Crippen LogP contribution in [0.2, 0.25) is 0 Å². The Morgan fingerprint density at radius 3 is 1.57 bits per heavy atom. The van der Waals surface area contributed by atoms with E-state index >= 15 is 0 Å². The lowest BCUT2D eigenvalue weighted by Crippen LogP contribution is -1.91. The monoisotopic (exact) mass is 471 g/mol. The summed E-state index contributed by atoms with van der Waals surface area (Å²) in [6, 6.07) is 48.1. The molecule has 0 fully saturated rings. The van der Waals surface area contributed by atoms with Crippen molar-refractivity contribution in [3.05, 3.63) is 139 Å². The fourth-order valence-electron chi connectivity index (χ4n) is 5.62. The molecule has 0 atom stereocenters. The highest BCUT2D eigenvalue weighted by Gasteiger charge is 2.16. The topological polar surface area (TPSA) is 12.9 Å². The molecule has 0 bridgehead atoms. The third-order valence-corrected chi connectivity index (χ3v) is 7.31. The largest absolute Gasteiger partial charge is 0.253 e. The SMILES string of the molecule is Cc1cccc(-c2ccc3ccc(-c4c5ccccc5c(-c5ccccc5)c5ccccc45)cc3c2)n1. The molecule has 1 nitrogen and oxygen atoms in total. The van der Waals surface area contributed by atoms with Crippen molar-refractivity contribution in [1.29, 1.82) is 0 Å². The quantitative estimate of drug-likeness (QED) is 0.234. The minimum atomic E-state index is 1.01. The van der Waals surface area contributed by atoms with Gasteiger partial charge in [-0.25, -0.2) is 0 Å². The molecule has 0 radical (unpaired) electrons. The molecule has 0 amide bonds. The molecule has 174 valence electrons. The zero-order chi connectivity index (χ0) is 24.8. The Bertz CT molecular complexity index is 1880. The van der Waals surface area contributed by atoms with Gasteiger partial charge in [0.2, 0.25) is 0 Å². The van der Waals surface area contributed by atoms with Crippen molar-refractivity contribution in [3.63, 3.8) is 0 Å². The second-order valence-electron chi connectivity index (χ2n) is 9.65. The van der Waals surface area contributed by atoms with Gasteiger partial charge in [-0.05, 0) is 85.8 Å². The molecular formula is C36H25N. The van der Waals surface area contributed by atoms with Gasteiger partial charge < -0.3 is 0 Å². The fraction of sp³-hybridized carbons (Fsp3) is 0.0278. The summed E-state index contributed by atoms with van der Waals surface area (Å²) in [6.07, 6.45) is 0. The van der Waals surface area contributed by atoms with E-state index in [4.69, 9.17) is 4.98 Å². The van der Waals surface area contributed by atoms with E-state index in [0.29, 0.717) is 0 Å². The Morgan fingerprint density at radius 1 is 0.405 bits per heavy atom. The molecule has 0 N–H and O–H groups in total. The predicted molar refractivity (Wildman–Crippen MR) is 158 cm³/mol. The molecule has 1 aromatic heterocycles. The molecule has 0 aliphatic carbocycles. The van der Waals surface area contributed by atoms with Gasteiger partial charge in [-0.3, -0.25) is 4.98 Å². The first-order chi connectivity index (χ1) is 18.3. The highest BCUT2D eigenvalue weighted by molar-refractivity contribution is 6.21. The minimum Gasteiger partial charge on any atom is -0.253 e. The molecule has 0 aliphatic heterocycles. The van der Waals surface area contributed by atoms with E-state index in [2.05, 4.69) is 127 Å². The van der Waals surface area contributed by atoms with Crippen LogP contribution in [0.3, 0.4) is 0 Å². The van der Waals surface area contributed by atoms with Crippen LogP contribution in [0.15, 0.2) is 133 Å². The van der Waals surface area contributed by atoms with E-state index < -0.39 is 0 Å². The molecule has 1 heteroatoms. The lowest BCUT2D eigenvalue weighted by molar-refractivity contribution is 1.21. The zero-order valence-electron chi connectivity index (χ0n) is 20.6. The van der Waals surface area contributed by atoms with Gasteiger partial charge in [-0.1, -0.05) is 109 Å². The predicted octanol–water partition coefficient (Wildman–Crippen LogP) is 9.85. The van der Waals surface area contributed by atoms with E-state index in [1.54, 1.807) is 0 Å². The zero-order valence-corrected chi connectivity index (χ0v) is 20.6. The maximum absolute atomic E-state index is 4.75. The lowest BCUT2D eigenvalue weighted by atomic mass is 9.85. The van der Waals surface area contributed by atoms with Gasteiger partial charge in [0, 0.05) is 11.3 Å². The molecule has 37 heavy (non-hydrogen) atoms. The maximum Gasteiger partial charge on any atom is 0.0705 e. The molecule has 1 heterocycles. The average Bonchev–Trinajstić information content (AvgIpc) is 2.95. The second-order valence-corrected chi connectivity index (χ2v) is 9.65. The number of hydrogen-bond acceptors (Lipinski definition) is 1. The third kappa shape index (κ3) is 3.68. The van der Waals surface area contributed by atoms with Gasteiger partial charge >= 0.3 is 0 Å². The van der Waals surface area contributed by atoms with Gasteiger partial charge in [0.1, 0.15) is 0 Å². The van der Waals surface area contributed by atoms with E-state index in [9.17, 15) is 0 Å². The summed E-state index contributed by atoms with van der Waals surface area (Å²) in [6.45, 7) is 2.04. The number of nitrogens with zero attached hydrogens (tertiary/aromatic N) is 1. The number of benzene rings is 6. The molecule has 6 aromatic carbocycles. The summed E-state index contributed by atoms with van der Waals surface area (Å²) < 4.78 is 0. The van der Waals surface area contributed by atoms with Gasteiger partial charge in [0.25, 0.3) is 0 Å². The summed E-state index contributed by atoms with van der Waals surface area (Å²) in [5.74, 6) is 0. The summed E-state index contributed by atoms with van der Waals surface area (Å²) in [4.78, 5) is 4.75.